The third kappa shape index (κ3) is 2.80. The number of rotatable bonds is 3. The summed E-state index contributed by atoms with van der Waals surface area (Å²) in [4.78, 5) is 14.5. The minimum atomic E-state index is -3.66. The smallest absolute Gasteiger partial charge is 0.306 e. The number of fused-ring (bicyclic) bond motifs is 3. The van der Waals surface area contributed by atoms with Gasteiger partial charge in [0.05, 0.1) is 30.0 Å². The van der Waals surface area contributed by atoms with Crippen LogP contribution in [0.25, 0.3) is 10.9 Å². The van der Waals surface area contributed by atoms with E-state index < -0.39 is 27.7 Å². The van der Waals surface area contributed by atoms with Crippen LogP contribution in [0.1, 0.15) is 42.5 Å². The van der Waals surface area contributed by atoms with Gasteiger partial charge < -0.3 is 14.8 Å². The number of carbonyl (C=O) groups excluding carboxylic acids is 1. The van der Waals surface area contributed by atoms with E-state index in [2.05, 4.69) is 4.98 Å². The number of benzene rings is 1. The normalized spacial score (nSPS) is 20.8. The largest absolute Gasteiger partial charge is 0.469 e. The Morgan fingerprint density at radius 2 is 2.12 bits per heavy atom. The lowest BCUT2D eigenvalue weighted by Gasteiger charge is -2.25. The number of sulfone groups is 1. The van der Waals surface area contributed by atoms with Crippen molar-refractivity contribution in [2.45, 2.75) is 36.2 Å². The first-order valence-electron chi connectivity index (χ1n) is 7.52. The van der Waals surface area contributed by atoms with Crippen LogP contribution in [0, 0.1) is 5.82 Å². The molecule has 0 amide bonds. The molecule has 130 valence electrons. The van der Waals surface area contributed by atoms with Gasteiger partial charge in [-0.05, 0) is 25.0 Å². The van der Waals surface area contributed by atoms with E-state index >= 15 is 0 Å². The number of aromatic nitrogens is 1. The molecule has 0 aliphatic heterocycles. The number of ether oxygens (including phenoxy) is 1. The summed E-state index contributed by atoms with van der Waals surface area (Å²) >= 11 is 0. The van der Waals surface area contributed by atoms with E-state index in [-0.39, 0.29) is 22.8 Å². The summed E-state index contributed by atoms with van der Waals surface area (Å²) < 4.78 is 42.6. The van der Waals surface area contributed by atoms with Crippen LogP contribution in [0.4, 0.5) is 4.39 Å². The molecule has 2 aromatic rings. The summed E-state index contributed by atoms with van der Waals surface area (Å²) in [6.07, 6.45) is 1.24. The molecule has 1 aromatic carbocycles. The Morgan fingerprint density at radius 3 is 2.75 bits per heavy atom. The van der Waals surface area contributed by atoms with Crippen molar-refractivity contribution in [3.05, 3.63) is 29.2 Å². The first-order chi connectivity index (χ1) is 11.2. The number of methoxy groups -OCH3 is 1. The predicted octanol–water partition coefficient (Wildman–Crippen LogP) is 2.18. The van der Waals surface area contributed by atoms with Gasteiger partial charge in [-0.3, -0.25) is 4.79 Å². The average Bonchev–Trinajstić information content (AvgIpc) is 2.88. The highest BCUT2D eigenvalue weighted by Gasteiger charge is 2.33. The lowest BCUT2D eigenvalue weighted by atomic mass is 9.83. The molecule has 0 saturated carbocycles. The van der Waals surface area contributed by atoms with Gasteiger partial charge in [-0.15, -0.1) is 0 Å². The zero-order valence-electron chi connectivity index (χ0n) is 13.3. The Balaban J connectivity index is 2.26. The van der Waals surface area contributed by atoms with Gasteiger partial charge in [0.15, 0.2) is 9.84 Å². The predicted molar refractivity (Wildman–Crippen MR) is 84.9 cm³/mol. The first kappa shape index (κ1) is 16.9. The maximum Gasteiger partial charge on any atom is 0.306 e. The number of hydrogen-bond donors (Lipinski definition) is 2. The number of aromatic amines is 1. The van der Waals surface area contributed by atoms with Crippen LogP contribution in [0.3, 0.4) is 0 Å². The fraction of sp³-hybridized carbons (Fsp3) is 0.438. The number of nitrogens with one attached hydrogen (secondary N) is 1. The summed E-state index contributed by atoms with van der Waals surface area (Å²) in [7, 11) is -2.36. The van der Waals surface area contributed by atoms with Crippen LogP contribution in [0.15, 0.2) is 17.0 Å². The molecule has 0 radical (unpaired) electrons. The van der Waals surface area contributed by atoms with Crippen LogP contribution in [-0.4, -0.2) is 37.8 Å². The minimum Gasteiger partial charge on any atom is -0.469 e. The number of aliphatic hydroxyl groups excluding tert-OH is 1. The first-order valence-corrected chi connectivity index (χ1v) is 9.41. The van der Waals surface area contributed by atoms with E-state index in [1.165, 1.54) is 13.2 Å². The molecule has 24 heavy (non-hydrogen) atoms. The molecule has 8 heteroatoms. The summed E-state index contributed by atoms with van der Waals surface area (Å²) in [5.41, 5.74) is 1.30. The van der Waals surface area contributed by atoms with Crippen LogP contribution in [0.2, 0.25) is 0 Å². The topological polar surface area (TPSA) is 96.5 Å². The molecule has 0 spiro atoms. The molecule has 6 nitrogen and oxygen atoms in total. The molecule has 3 rings (SSSR count). The maximum absolute atomic E-state index is 13.9. The van der Waals surface area contributed by atoms with Gasteiger partial charge >= 0.3 is 5.97 Å². The van der Waals surface area contributed by atoms with Gasteiger partial charge in [0.25, 0.3) is 0 Å². The number of halogens is 1. The molecule has 0 bridgehead atoms. The number of H-pyrrole nitrogens is 1. The van der Waals surface area contributed by atoms with E-state index in [9.17, 15) is 22.7 Å². The Kier molecular flexibility index (Phi) is 4.13. The van der Waals surface area contributed by atoms with Gasteiger partial charge in [-0.1, -0.05) is 0 Å². The van der Waals surface area contributed by atoms with Gasteiger partial charge in [-0.2, -0.15) is 0 Å². The third-order valence-electron chi connectivity index (χ3n) is 4.48. The highest BCUT2D eigenvalue weighted by Crippen LogP contribution is 2.44. The highest BCUT2D eigenvalue weighted by molar-refractivity contribution is 7.91. The molecule has 0 fully saturated rings. The minimum absolute atomic E-state index is 0.111. The number of carbonyl (C=O) groups is 1. The van der Waals surface area contributed by atoms with Crippen molar-refractivity contribution in [2.75, 3.05) is 13.4 Å². The highest BCUT2D eigenvalue weighted by atomic mass is 32.2. The van der Waals surface area contributed by atoms with Gasteiger partial charge in [0.2, 0.25) is 0 Å². The van der Waals surface area contributed by atoms with Crippen LogP contribution in [0.5, 0.6) is 0 Å². The molecule has 1 aromatic heterocycles. The van der Waals surface area contributed by atoms with Crippen molar-refractivity contribution in [1.82, 2.24) is 4.98 Å². The third-order valence-corrected chi connectivity index (χ3v) is 5.60. The van der Waals surface area contributed by atoms with Crippen LogP contribution < -0.4 is 0 Å². The van der Waals surface area contributed by atoms with Gasteiger partial charge in [0.1, 0.15) is 5.82 Å². The summed E-state index contributed by atoms with van der Waals surface area (Å²) in [6.45, 7) is 0. The fourth-order valence-corrected chi connectivity index (χ4v) is 4.24. The van der Waals surface area contributed by atoms with E-state index in [4.69, 9.17) is 4.74 Å². The van der Waals surface area contributed by atoms with Gasteiger partial charge in [-0.25, -0.2) is 12.8 Å². The maximum atomic E-state index is 13.9. The van der Waals surface area contributed by atoms with Crippen molar-refractivity contribution in [3.8, 4) is 0 Å². The Hall–Kier alpha value is -1.93. The van der Waals surface area contributed by atoms with Crippen LogP contribution in [-0.2, 0) is 19.4 Å². The monoisotopic (exact) mass is 355 g/mol. The van der Waals surface area contributed by atoms with Crippen molar-refractivity contribution in [2.24, 2.45) is 0 Å². The molecule has 2 atom stereocenters. The number of esters is 1. The lowest BCUT2D eigenvalue weighted by Crippen LogP contribution is -2.17. The van der Waals surface area contributed by atoms with E-state index in [0.717, 1.165) is 12.3 Å². The van der Waals surface area contributed by atoms with Crippen molar-refractivity contribution in [3.63, 3.8) is 0 Å². The Bertz CT molecular complexity index is 918. The average molecular weight is 355 g/mol. The summed E-state index contributed by atoms with van der Waals surface area (Å²) in [5, 5.41) is 10.7. The van der Waals surface area contributed by atoms with Crippen molar-refractivity contribution < 1.29 is 27.4 Å². The van der Waals surface area contributed by atoms with E-state index in [1.807, 2.05) is 0 Å². The van der Waals surface area contributed by atoms with Gasteiger partial charge in [0, 0.05) is 28.8 Å². The zero-order chi connectivity index (χ0) is 17.6. The Labute approximate surface area is 138 Å². The second kappa shape index (κ2) is 5.86. The molecular formula is C16H18FNO5S. The SMILES string of the molecule is COC(=O)C[C@H]1CCC(O)c2c1[nH]c1c(S(C)(=O)=O)cc(F)cc21. The second-order valence-corrected chi connectivity index (χ2v) is 8.11. The molecule has 1 aliphatic carbocycles. The standard InChI is InChI=1S/C16H18FNO5S/c1-23-13(20)5-8-3-4-11(19)14-10-6-9(17)7-12(24(2,21)22)16(10)18-15(8)14/h6-8,11,18-19H,3-5H2,1-2H3/t8-,11?/m1/s1. The van der Waals surface area contributed by atoms with E-state index in [1.54, 1.807) is 0 Å². The Morgan fingerprint density at radius 1 is 1.42 bits per heavy atom. The van der Waals surface area contributed by atoms with Crippen molar-refractivity contribution in [1.29, 1.82) is 0 Å². The van der Waals surface area contributed by atoms with Crippen molar-refractivity contribution >= 4 is 26.7 Å². The quantitative estimate of drug-likeness (QED) is 0.823. The summed E-state index contributed by atoms with van der Waals surface area (Å²) in [5.74, 6) is -1.32. The molecule has 0 saturated heterocycles. The molecule has 1 unspecified atom stereocenters. The van der Waals surface area contributed by atoms with E-state index in [0.29, 0.717) is 29.5 Å². The number of aliphatic hydroxyl groups is 1. The fourth-order valence-electron chi connectivity index (χ4n) is 3.38. The second-order valence-electron chi connectivity index (χ2n) is 6.12. The molecular weight excluding hydrogens is 337 g/mol. The number of hydrogen-bond acceptors (Lipinski definition) is 5. The lowest BCUT2D eigenvalue weighted by molar-refractivity contribution is -0.141. The molecule has 2 N–H and O–H groups in total. The molecule has 1 aliphatic rings. The summed E-state index contributed by atoms with van der Waals surface area (Å²) in [6, 6.07) is 2.17. The van der Waals surface area contributed by atoms with Crippen LogP contribution >= 0.6 is 0 Å². The zero-order valence-corrected chi connectivity index (χ0v) is 14.1. The molecule has 1 heterocycles.